The Morgan fingerprint density at radius 1 is 1.19 bits per heavy atom. The van der Waals surface area contributed by atoms with Crippen molar-refractivity contribution in [3.05, 3.63) is 12.2 Å². The van der Waals surface area contributed by atoms with Crippen molar-refractivity contribution < 1.29 is 15.3 Å². The van der Waals surface area contributed by atoms with Gasteiger partial charge in [0.2, 0.25) is 0 Å². The maximum absolute atomic E-state index is 11.5. The predicted molar refractivity (Wildman–Crippen MR) is 98.2 cm³/mol. The number of nitrogens with zero attached hydrogens (tertiary/aromatic N) is 1. The summed E-state index contributed by atoms with van der Waals surface area (Å²) >= 11 is 0. The molecule has 2 spiro atoms. The largest absolute Gasteiger partial charge is 0.392 e. The molecule has 11 atom stereocenters. The lowest BCUT2D eigenvalue weighted by Gasteiger charge is -2.65. The summed E-state index contributed by atoms with van der Waals surface area (Å²) in [6, 6.07) is 0.373. The van der Waals surface area contributed by atoms with Gasteiger partial charge in [0.15, 0.2) is 0 Å². The van der Waals surface area contributed by atoms with Gasteiger partial charge in [-0.2, -0.15) is 0 Å². The number of likely N-dealkylation sites (tertiary alicyclic amines) is 1. The third-order valence-corrected chi connectivity index (χ3v) is 10.6. The van der Waals surface area contributed by atoms with E-state index >= 15 is 0 Å². The van der Waals surface area contributed by atoms with E-state index in [1.807, 2.05) is 0 Å². The van der Waals surface area contributed by atoms with E-state index in [1.165, 1.54) is 0 Å². The number of fused-ring (bicyclic) bond motifs is 1. The van der Waals surface area contributed by atoms with Gasteiger partial charge < -0.3 is 15.3 Å². The van der Waals surface area contributed by atoms with E-state index in [0.29, 0.717) is 17.9 Å². The first-order valence-corrected chi connectivity index (χ1v) is 10.8. The first-order chi connectivity index (χ1) is 12.3. The van der Waals surface area contributed by atoms with Crippen molar-refractivity contribution in [2.24, 2.45) is 39.9 Å². The molecule has 5 aliphatic carbocycles. The van der Waals surface area contributed by atoms with Crippen molar-refractivity contribution in [3.8, 4) is 0 Å². The van der Waals surface area contributed by atoms with Crippen molar-refractivity contribution in [3.63, 3.8) is 0 Å². The lowest BCUT2D eigenvalue weighted by Crippen LogP contribution is -2.68. The normalized spacial score (nSPS) is 65.5. The topological polar surface area (TPSA) is 63.9 Å². The Hall–Kier alpha value is -0.420. The quantitative estimate of drug-likeness (QED) is 0.625. The highest BCUT2D eigenvalue weighted by Gasteiger charge is 2.85. The smallest absolute Gasteiger partial charge is 0.0813 e. The zero-order valence-electron chi connectivity index (χ0n) is 16.1. The second-order valence-corrected chi connectivity index (χ2v) is 10.9. The number of piperidine rings is 1. The molecule has 1 heterocycles. The van der Waals surface area contributed by atoms with E-state index in [4.69, 9.17) is 0 Å². The molecular formula is C22H33NO3. The Bertz CT molecular complexity index is 695. The molecule has 0 amide bonds. The highest BCUT2D eigenvalue weighted by Crippen LogP contribution is 2.83. The summed E-state index contributed by atoms with van der Waals surface area (Å²) < 4.78 is 0. The van der Waals surface area contributed by atoms with E-state index < -0.39 is 12.2 Å². The number of rotatable bonds is 1. The van der Waals surface area contributed by atoms with Crippen LogP contribution >= 0.6 is 0 Å². The lowest BCUT2D eigenvalue weighted by atomic mass is 9.43. The Morgan fingerprint density at radius 2 is 1.96 bits per heavy atom. The van der Waals surface area contributed by atoms with Gasteiger partial charge in [0.1, 0.15) is 0 Å². The average molecular weight is 360 g/mol. The number of hydrogen-bond acceptors (Lipinski definition) is 4. The summed E-state index contributed by atoms with van der Waals surface area (Å²) in [5.74, 6) is 1.26. The van der Waals surface area contributed by atoms with Gasteiger partial charge in [-0.3, -0.25) is 4.90 Å². The van der Waals surface area contributed by atoms with Crippen LogP contribution in [0.3, 0.4) is 0 Å². The van der Waals surface area contributed by atoms with Gasteiger partial charge in [0.05, 0.1) is 18.3 Å². The van der Waals surface area contributed by atoms with Crippen LogP contribution in [0, 0.1) is 39.9 Å². The summed E-state index contributed by atoms with van der Waals surface area (Å²) in [4.78, 5) is 2.65. The van der Waals surface area contributed by atoms with Crippen molar-refractivity contribution >= 4 is 0 Å². The Labute approximate surface area is 156 Å². The highest BCUT2D eigenvalue weighted by atomic mass is 16.3. The summed E-state index contributed by atoms with van der Waals surface area (Å²) in [5.41, 5.74) is 0.849. The number of hydrogen-bond donors (Lipinski definition) is 3. The summed E-state index contributed by atoms with van der Waals surface area (Å²) in [7, 11) is 0. The van der Waals surface area contributed by atoms with Crippen LogP contribution in [0.1, 0.15) is 46.0 Å². The van der Waals surface area contributed by atoms with Gasteiger partial charge in [-0.1, -0.05) is 20.4 Å². The summed E-state index contributed by atoms with van der Waals surface area (Å²) in [6.07, 6.45) is 3.58. The van der Waals surface area contributed by atoms with E-state index in [2.05, 4.69) is 25.3 Å². The van der Waals surface area contributed by atoms with Crippen LogP contribution < -0.4 is 0 Å². The van der Waals surface area contributed by atoms with Crippen LogP contribution in [0.15, 0.2) is 12.2 Å². The van der Waals surface area contributed by atoms with Crippen LogP contribution in [0.2, 0.25) is 0 Å². The van der Waals surface area contributed by atoms with E-state index in [-0.39, 0.29) is 34.2 Å². The molecule has 4 heteroatoms. The third kappa shape index (κ3) is 1.37. The Morgan fingerprint density at radius 3 is 2.69 bits per heavy atom. The molecular weight excluding hydrogens is 326 g/mol. The molecule has 6 rings (SSSR count). The fourth-order valence-corrected chi connectivity index (χ4v) is 9.97. The predicted octanol–water partition coefficient (Wildman–Crippen LogP) is 1.79. The van der Waals surface area contributed by atoms with Gasteiger partial charge in [0.25, 0.3) is 0 Å². The second kappa shape index (κ2) is 4.59. The molecule has 1 aliphatic heterocycles. The molecule has 0 aromatic heterocycles. The van der Waals surface area contributed by atoms with Gasteiger partial charge in [0, 0.05) is 29.3 Å². The highest BCUT2D eigenvalue weighted by molar-refractivity contribution is 5.39. The van der Waals surface area contributed by atoms with Crippen LogP contribution in [-0.4, -0.2) is 57.7 Å². The lowest BCUT2D eigenvalue weighted by molar-refractivity contribution is -0.218. The number of aliphatic hydroxyl groups is 3. The van der Waals surface area contributed by atoms with Crippen molar-refractivity contribution in [2.75, 3.05) is 13.1 Å². The van der Waals surface area contributed by atoms with E-state index in [1.54, 1.807) is 0 Å². The molecule has 0 aromatic rings. The van der Waals surface area contributed by atoms with Crippen LogP contribution in [0.25, 0.3) is 0 Å². The average Bonchev–Trinajstić information content (AvgIpc) is 3.14. The van der Waals surface area contributed by atoms with Gasteiger partial charge in [-0.25, -0.2) is 0 Å². The van der Waals surface area contributed by atoms with E-state index in [9.17, 15) is 15.3 Å². The second-order valence-electron chi connectivity index (χ2n) is 10.9. The Kier molecular flexibility index (Phi) is 2.92. The minimum Gasteiger partial charge on any atom is -0.392 e. The molecule has 3 N–H and O–H groups in total. The SMILES string of the molecule is C=C1C2C[C@@]3(C4CC5C6(C(O)CC[C@@]5(C)CN(CC)[C@@H]46)C3C[C@@H]2O)[C@@H]1O. The molecule has 4 nitrogen and oxygen atoms in total. The summed E-state index contributed by atoms with van der Waals surface area (Å²) in [5, 5.41) is 33.8. The van der Waals surface area contributed by atoms with Gasteiger partial charge in [-0.05, 0) is 67.4 Å². The molecule has 144 valence electrons. The zero-order chi connectivity index (χ0) is 18.2. The van der Waals surface area contributed by atoms with Crippen LogP contribution in [0.4, 0.5) is 0 Å². The summed E-state index contributed by atoms with van der Waals surface area (Å²) in [6.45, 7) is 11.1. The fourth-order valence-electron chi connectivity index (χ4n) is 9.97. The molecule has 1 saturated heterocycles. The van der Waals surface area contributed by atoms with Crippen LogP contribution in [-0.2, 0) is 0 Å². The first kappa shape index (κ1) is 16.5. The Balaban J connectivity index is 1.61. The fraction of sp³-hybridized carbons (Fsp3) is 0.909. The van der Waals surface area contributed by atoms with E-state index in [0.717, 1.165) is 50.8 Å². The van der Waals surface area contributed by atoms with Gasteiger partial charge >= 0.3 is 0 Å². The maximum atomic E-state index is 11.5. The molecule has 0 radical (unpaired) electrons. The van der Waals surface area contributed by atoms with Gasteiger partial charge in [-0.15, -0.1) is 0 Å². The third-order valence-electron chi connectivity index (χ3n) is 10.6. The van der Waals surface area contributed by atoms with Crippen LogP contribution in [0.5, 0.6) is 0 Å². The molecule has 26 heavy (non-hydrogen) atoms. The minimum absolute atomic E-state index is 0.0547. The maximum Gasteiger partial charge on any atom is 0.0813 e. The molecule has 7 bridgehead atoms. The molecule has 5 saturated carbocycles. The molecule has 6 fully saturated rings. The zero-order valence-corrected chi connectivity index (χ0v) is 16.1. The minimum atomic E-state index is -0.500. The van der Waals surface area contributed by atoms with Crippen molar-refractivity contribution in [1.82, 2.24) is 4.90 Å². The molecule has 6 unspecified atom stereocenters. The monoisotopic (exact) mass is 359 g/mol. The standard InChI is InChI=1S/C22H33NO3/c1-4-23-10-20(3)6-5-17(25)22-15(20)7-13(18(22)23)21-9-12(11(2)19(21)26)14(24)8-16(21)22/h12-19,24-26H,2,4-10H2,1,3H3/t12?,13?,14-,15?,16?,17?,18-,19+,20-,21-,22?/m0/s1. The number of aliphatic hydroxyl groups excluding tert-OH is 3. The first-order valence-electron chi connectivity index (χ1n) is 10.8. The van der Waals surface area contributed by atoms with Crippen molar-refractivity contribution in [2.45, 2.75) is 70.3 Å². The molecule has 6 aliphatic rings. The van der Waals surface area contributed by atoms with Crippen molar-refractivity contribution in [1.29, 1.82) is 0 Å². The molecule has 0 aromatic carbocycles.